The molecule has 1 aliphatic rings. The largest absolute Gasteiger partial charge is 0.367 e. The van der Waals surface area contributed by atoms with Gasteiger partial charge in [0.05, 0.1) is 0 Å². The zero-order valence-corrected chi connectivity index (χ0v) is 16.3. The normalized spacial score (nSPS) is 16.2. The number of aryl methyl sites for hydroxylation is 1. The van der Waals surface area contributed by atoms with Crippen molar-refractivity contribution < 1.29 is 14.0 Å². The number of hydrogen-bond acceptors (Lipinski definition) is 3. The summed E-state index contributed by atoms with van der Waals surface area (Å²) in [7, 11) is 0. The molecule has 0 amide bonds. The molecule has 0 radical (unpaired) electrons. The van der Waals surface area contributed by atoms with Crippen molar-refractivity contribution in [2.45, 2.75) is 25.3 Å². The van der Waals surface area contributed by atoms with E-state index >= 15 is 0 Å². The lowest BCUT2D eigenvalue weighted by atomic mass is 9.92. The lowest BCUT2D eigenvalue weighted by molar-refractivity contribution is -0.146. The molecule has 30 heavy (non-hydrogen) atoms. The molecule has 5 rings (SSSR count). The number of aromatic nitrogens is 1. The Hall–Kier alpha value is -3.44. The smallest absolute Gasteiger partial charge is 0.349 e. The highest BCUT2D eigenvalue weighted by atomic mass is 19.1. The molecule has 1 unspecified atom stereocenters. The third-order valence-corrected chi connectivity index (χ3v) is 5.66. The topological polar surface area (TPSA) is 54.1 Å². The fourth-order valence-corrected chi connectivity index (χ4v) is 4.14. The van der Waals surface area contributed by atoms with Crippen molar-refractivity contribution in [3.8, 4) is 0 Å². The summed E-state index contributed by atoms with van der Waals surface area (Å²) in [4.78, 5) is 20.8. The van der Waals surface area contributed by atoms with Gasteiger partial charge in [0.15, 0.2) is 0 Å². The van der Waals surface area contributed by atoms with Crippen LogP contribution >= 0.6 is 0 Å². The lowest BCUT2D eigenvalue weighted by Gasteiger charge is -2.22. The summed E-state index contributed by atoms with van der Waals surface area (Å²) in [6, 6.07) is 18.9. The highest BCUT2D eigenvalue weighted by molar-refractivity contribution is 5.89. The second kappa shape index (κ2) is 7.76. The van der Waals surface area contributed by atoms with E-state index in [1.807, 2.05) is 36.4 Å². The maximum Gasteiger partial charge on any atom is 0.349 e. The number of aromatic amines is 1. The maximum atomic E-state index is 13.6. The Bertz CT molecular complexity index is 1270. The number of halogens is 1. The van der Waals surface area contributed by atoms with Crippen molar-refractivity contribution in [1.29, 1.82) is 0 Å². The van der Waals surface area contributed by atoms with Gasteiger partial charge in [0.1, 0.15) is 5.82 Å². The average Bonchev–Trinajstić information content (AvgIpc) is 3.13. The first-order valence-corrected chi connectivity index (χ1v) is 10.1. The minimum atomic E-state index is -0.445. The van der Waals surface area contributed by atoms with E-state index in [9.17, 15) is 9.18 Å². The van der Waals surface area contributed by atoms with Crippen LogP contribution < -0.4 is 5.48 Å². The molecule has 0 aliphatic heterocycles. The molecule has 1 atom stereocenters. The molecular formula is C25H21FN2O2. The Morgan fingerprint density at radius 1 is 1.10 bits per heavy atom. The molecule has 1 aromatic heterocycles. The number of hydroxylamine groups is 1. The standard InChI is InChI=1S/C25H21FN2O2/c26-19-8-10-23-21(14-19)22-15-20(9-11-24(22)27-23)28-30-25(29)12-6-16-5-7-17-3-1-2-4-18(17)13-16/h1-8,10,12-14,20,27-28H,9,11,15H2. The van der Waals surface area contributed by atoms with Gasteiger partial charge in [-0.1, -0.05) is 36.4 Å². The van der Waals surface area contributed by atoms with Gasteiger partial charge in [-0.15, -0.1) is 5.48 Å². The number of fused-ring (bicyclic) bond motifs is 4. The number of nitrogens with one attached hydrogen (secondary N) is 2. The molecule has 0 bridgehead atoms. The van der Waals surface area contributed by atoms with Gasteiger partial charge in [-0.3, -0.25) is 0 Å². The summed E-state index contributed by atoms with van der Waals surface area (Å²) in [6.45, 7) is 0. The van der Waals surface area contributed by atoms with Gasteiger partial charge >= 0.3 is 5.97 Å². The second-order valence-corrected chi connectivity index (χ2v) is 7.69. The average molecular weight is 400 g/mol. The molecule has 5 heteroatoms. The minimum Gasteiger partial charge on any atom is -0.367 e. The van der Waals surface area contributed by atoms with Crippen molar-refractivity contribution in [2.24, 2.45) is 0 Å². The molecule has 2 N–H and O–H groups in total. The van der Waals surface area contributed by atoms with E-state index in [1.165, 1.54) is 12.1 Å². The van der Waals surface area contributed by atoms with Crippen molar-refractivity contribution in [3.05, 3.63) is 89.4 Å². The van der Waals surface area contributed by atoms with Gasteiger partial charge < -0.3 is 9.82 Å². The Kier molecular flexibility index (Phi) is 4.81. The molecule has 1 aliphatic carbocycles. The van der Waals surface area contributed by atoms with Crippen LogP contribution in [-0.4, -0.2) is 17.0 Å². The summed E-state index contributed by atoms with van der Waals surface area (Å²) >= 11 is 0. The van der Waals surface area contributed by atoms with E-state index in [0.29, 0.717) is 6.42 Å². The van der Waals surface area contributed by atoms with Crippen LogP contribution in [0.2, 0.25) is 0 Å². The first-order chi connectivity index (χ1) is 14.7. The van der Waals surface area contributed by atoms with Gasteiger partial charge in [-0.2, -0.15) is 0 Å². The van der Waals surface area contributed by atoms with Crippen LogP contribution in [0, 0.1) is 5.82 Å². The molecule has 4 nitrogen and oxygen atoms in total. The SMILES string of the molecule is O=C(C=Cc1ccc2ccccc2c1)ONC1CCc2[nH]c3ccc(F)cc3c2C1. The summed E-state index contributed by atoms with van der Waals surface area (Å²) < 4.78 is 13.6. The first-order valence-electron chi connectivity index (χ1n) is 10.1. The summed E-state index contributed by atoms with van der Waals surface area (Å²) in [5, 5.41) is 3.19. The zero-order valence-electron chi connectivity index (χ0n) is 16.3. The molecular weight excluding hydrogens is 379 g/mol. The number of hydrogen-bond donors (Lipinski definition) is 2. The number of carbonyl (C=O) groups is 1. The van der Waals surface area contributed by atoms with Crippen LogP contribution in [0.4, 0.5) is 4.39 Å². The van der Waals surface area contributed by atoms with E-state index in [2.05, 4.69) is 16.5 Å². The Balaban J connectivity index is 1.22. The van der Waals surface area contributed by atoms with Crippen molar-refractivity contribution in [3.63, 3.8) is 0 Å². The zero-order chi connectivity index (χ0) is 20.5. The van der Waals surface area contributed by atoms with Gasteiger partial charge in [0.2, 0.25) is 0 Å². The van der Waals surface area contributed by atoms with Crippen LogP contribution in [0.1, 0.15) is 23.2 Å². The summed E-state index contributed by atoms with van der Waals surface area (Å²) in [5.74, 6) is -0.691. The Morgan fingerprint density at radius 2 is 1.97 bits per heavy atom. The molecule has 0 saturated heterocycles. The highest BCUT2D eigenvalue weighted by Gasteiger charge is 2.23. The van der Waals surface area contributed by atoms with Crippen LogP contribution in [0.25, 0.3) is 27.8 Å². The monoisotopic (exact) mass is 400 g/mol. The van der Waals surface area contributed by atoms with Gasteiger partial charge in [-0.25, -0.2) is 9.18 Å². The van der Waals surface area contributed by atoms with E-state index < -0.39 is 5.97 Å². The molecule has 0 saturated carbocycles. The first kappa shape index (κ1) is 18.6. The Morgan fingerprint density at radius 3 is 2.87 bits per heavy atom. The fraction of sp³-hybridized carbons (Fsp3) is 0.160. The van der Waals surface area contributed by atoms with E-state index in [-0.39, 0.29) is 11.9 Å². The van der Waals surface area contributed by atoms with Crippen LogP contribution in [0.3, 0.4) is 0 Å². The van der Waals surface area contributed by atoms with Crippen LogP contribution in [0.15, 0.2) is 66.7 Å². The summed E-state index contributed by atoms with van der Waals surface area (Å²) in [5.41, 5.74) is 7.00. The van der Waals surface area contributed by atoms with Gasteiger partial charge in [0, 0.05) is 28.7 Å². The van der Waals surface area contributed by atoms with Crippen molar-refractivity contribution in [2.75, 3.05) is 0 Å². The van der Waals surface area contributed by atoms with Gasteiger partial charge in [0.25, 0.3) is 0 Å². The second-order valence-electron chi connectivity index (χ2n) is 7.69. The molecule has 0 spiro atoms. The number of benzene rings is 3. The number of H-pyrrole nitrogens is 1. The Labute approximate surface area is 173 Å². The van der Waals surface area contributed by atoms with E-state index in [4.69, 9.17) is 4.84 Å². The summed E-state index contributed by atoms with van der Waals surface area (Å²) in [6.07, 6.45) is 5.52. The van der Waals surface area contributed by atoms with E-state index in [1.54, 1.807) is 18.2 Å². The quantitative estimate of drug-likeness (QED) is 0.371. The van der Waals surface area contributed by atoms with Crippen LogP contribution in [0.5, 0.6) is 0 Å². The predicted octanol–water partition coefficient (Wildman–Crippen LogP) is 5.08. The van der Waals surface area contributed by atoms with Crippen molar-refractivity contribution >= 4 is 33.7 Å². The molecule has 1 heterocycles. The molecule has 150 valence electrons. The fourth-order valence-electron chi connectivity index (χ4n) is 4.14. The predicted molar refractivity (Wildman–Crippen MR) is 116 cm³/mol. The number of rotatable bonds is 4. The lowest BCUT2D eigenvalue weighted by Crippen LogP contribution is -2.35. The number of carbonyl (C=O) groups excluding carboxylic acids is 1. The minimum absolute atomic E-state index is 0.00205. The van der Waals surface area contributed by atoms with Crippen LogP contribution in [-0.2, 0) is 22.5 Å². The highest BCUT2D eigenvalue weighted by Crippen LogP contribution is 2.29. The third-order valence-electron chi connectivity index (χ3n) is 5.66. The van der Waals surface area contributed by atoms with E-state index in [0.717, 1.165) is 51.3 Å². The molecule has 4 aromatic rings. The molecule has 0 fully saturated rings. The van der Waals surface area contributed by atoms with Crippen molar-refractivity contribution in [1.82, 2.24) is 10.5 Å². The third kappa shape index (κ3) is 3.72. The van der Waals surface area contributed by atoms with Gasteiger partial charge in [-0.05, 0) is 71.5 Å². The maximum absolute atomic E-state index is 13.6. The molecule has 3 aromatic carbocycles.